The van der Waals surface area contributed by atoms with Crippen LogP contribution in [0.15, 0.2) is 0 Å². The molecule has 0 heterocycles. The van der Waals surface area contributed by atoms with Gasteiger partial charge in [-0.2, -0.15) is 0 Å². The molecule has 1 rings (SSSR count). The van der Waals surface area contributed by atoms with E-state index >= 15 is 0 Å². The Hall–Kier alpha value is -0.600. The fourth-order valence-corrected chi connectivity index (χ4v) is 2.65. The second-order valence-electron chi connectivity index (χ2n) is 3.89. The van der Waals surface area contributed by atoms with Crippen molar-refractivity contribution in [2.24, 2.45) is 0 Å². The van der Waals surface area contributed by atoms with Crippen LogP contribution in [0.25, 0.3) is 0 Å². The van der Waals surface area contributed by atoms with Crippen molar-refractivity contribution in [3.05, 3.63) is 21.2 Å². The highest BCUT2D eigenvalue weighted by Gasteiger charge is 2.22. The average molecular weight is 263 g/mol. The quantitative estimate of drug-likeness (QED) is 0.802. The van der Waals surface area contributed by atoms with Gasteiger partial charge in [0, 0.05) is 5.56 Å². The predicted molar refractivity (Wildman–Crippen MR) is 68.4 cm³/mol. The molecular formula is C12H16Cl2O2. The molecule has 0 fully saturated rings. The maximum Gasteiger partial charge on any atom is 0.180 e. The molecule has 0 atom stereocenters. The van der Waals surface area contributed by atoms with Crippen molar-refractivity contribution in [3.8, 4) is 11.5 Å². The highest BCUT2D eigenvalue weighted by atomic mass is 35.5. The lowest BCUT2D eigenvalue weighted by molar-refractivity contribution is 0.352. The molecule has 0 saturated heterocycles. The number of methoxy groups -OCH3 is 2. The van der Waals surface area contributed by atoms with Crippen molar-refractivity contribution in [2.75, 3.05) is 14.2 Å². The smallest absolute Gasteiger partial charge is 0.180 e. The minimum Gasteiger partial charge on any atom is -0.492 e. The van der Waals surface area contributed by atoms with E-state index in [-0.39, 0.29) is 5.92 Å². The summed E-state index contributed by atoms with van der Waals surface area (Å²) >= 11 is 12.6. The zero-order valence-corrected chi connectivity index (χ0v) is 11.7. The fourth-order valence-electron chi connectivity index (χ4n) is 1.73. The van der Waals surface area contributed by atoms with Gasteiger partial charge in [-0.1, -0.05) is 37.0 Å². The Labute approximate surface area is 106 Å². The Kier molecular flexibility index (Phi) is 4.34. The summed E-state index contributed by atoms with van der Waals surface area (Å²) < 4.78 is 10.5. The van der Waals surface area contributed by atoms with Gasteiger partial charge >= 0.3 is 0 Å². The average Bonchev–Trinajstić information content (AvgIpc) is 2.22. The highest BCUT2D eigenvalue weighted by Crippen LogP contribution is 2.47. The number of hydrogen-bond donors (Lipinski definition) is 0. The van der Waals surface area contributed by atoms with Crippen molar-refractivity contribution in [3.63, 3.8) is 0 Å². The fraction of sp³-hybridized carbons (Fsp3) is 0.500. The van der Waals surface area contributed by atoms with Gasteiger partial charge in [-0.3, -0.25) is 0 Å². The summed E-state index contributed by atoms with van der Waals surface area (Å²) in [6, 6.07) is 0. The van der Waals surface area contributed by atoms with Gasteiger partial charge in [0.2, 0.25) is 0 Å². The Bertz CT molecular complexity index is 401. The van der Waals surface area contributed by atoms with Crippen LogP contribution in [0.2, 0.25) is 10.0 Å². The molecule has 0 unspecified atom stereocenters. The molecule has 0 aliphatic rings. The Morgan fingerprint density at radius 2 is 1.44 bits per heavy atom. The molecule has 0 N–H and O–H groups in total. The first-order valence-corrected chi connectivity index (χ1v) is 5.80. The molecule has 2 nitrogen and oxygen atoms in total. The van der Waals surface area contributed by atoms with Crippen LogP contribution in [0.4, 0.5) is 0 Å². The lowest BCUT2D eigenvalue weighted by atomic mass is 9.99. The van der Waals surface area contributed by atoms with E-state index in [4.69, 9.17) is 32.7 Å². The molecule has 0 radical (unpaired) electrons. The van der Waals surface area contributed by atoms with Gasteiger partial charge in [0.25, 0.3) is 0 Å². The third-order valence-corrected chi connectivity index (χ3v) is 3.40. The van der Waals surface area contributed by atoms with Gasteiger partial charge in [0.05, 0.1) is 24.3 Å². The Balaban J connectivity index is 3.62. The molecule has 90 valence electrons. The lowest BCUT2D eigenvalue weighted by Crippen LogP contribution is -2.00. The summed E-state index contributed by atoms with van der Waals surface area (Å²) in [4.78, 5) is 0. The van der Waals surface area contributed by atoms with E-state index in [0.29, 0.717) is 21.5 Å². The Morgan fingerprint density at radius 3 is 1.81 bits per heavy atom. The monoisotopic (exact) mass is 262 g/mol. The second kappa shape index (κ2) is 5.15. The zero-order chi connectivity index (χ0) is 12.5. The number of hydrogen-bond acceptors (Lipinski definition) is 2. The maximum absolute atomic E-state index is 6.29. The highest BCUT2D eigenvalue weighted by molar-refractivity contribution is 6.38. The van der Waals surface area contributed by atoms with Crippen LogP contribution in [0.3, 0.4) is 0 Å². The molecule has 1 aromatic carbocycles. The summed E-state index contributed by atoms with van der Waals surface area (Å²) in [6.45, 7) is 5.97. The van der Waals surface area contributed by atoms with Crippen molar-refractivity contribution in [1.82, 2.24) is 0 Å². The number of ether oxygens (including phenoxy) is 2. The molecule has 4 heteroatoms. The Morgan fingerprint density at radius 1 is 0.938 bits per heavy atom. The summed E-state index contributed by atoms with van der Waals surface area (Å²) in [7, 11) is 3.15. The first-order chi connectivity index (χ1) is 7.45. The molecule has 1 aromatic rings. The summed E-state index contributed by atoms with van der Waals surface area (Å²) in [5.41, 5.74) is 1.76. The number of rotatable bonds is 3. The molecule has 0 spiro atoms. The molecule has 0 aliphatic heterocycles. The van der Waals surface area contributed by atoms with Crippen LogP contribution in [0.1, 0.15) is 30.9 Å². The summed E-state index contributed by atoms with van der Waals surface area (Å²) in [5, 5.41) is 1.18. The van der Waals surface area contributed by atoms with Crippen LogP contribution in [-0.4, -0.2) is 14.2 Å². The summed E-state index contributed by atoms with van der Waals surface area (Å²) in [5.74, 6) is 1.38. The molecule has 16 heavy (non-hydrogen) atoms. The summed E-state index contributed by atoms with van der Waals surface area (Å²) in [6.07, 6.45) is 0. The van der Waals surface area contributed by atoms with Gasteiger partial charge in [-0.25, -0.2) is 0 Å². The lowest BCUT2D eigenvalue weighted by Gasteiger charge is -2.19. The van der Waals surface area contributed by atoms with Crippen LogP contribution in [0, 0.1) is 6.92 Å². The second-order valence-corrected chi connectivity index (χ2v) is 4.64. The third kappa shape index (κ3) is 2.09. The normalized spacial score (nSPS) is 10.8. The van der Waals surface area contributed by atoms with Gasteiger partial charge in [-0.15, -0.1) is 0 Å². The largest absolute Gasteiger partial charge is 0.492 e. The van der Waals surface area contributed by atoms with Crippen LogP contribution >= 0.6 is 23.2 Å². The molecule has 0 aliphatic carbocycles. The van der Waals surface area contributed by atoms with Gasteiger partial charge in [0.1, 0.15) is 0 Å². The van der Waals surface area contributed by atoms with Gasteiger partial charge < -0.3 is 9.47 Å². The van der Waals surface area contributed by atoms with Crippen LogP contribution in [-0.2, 0) is 0 Å². The molecular weight excluding hydrogens is 247 g/mol. The topological polar surface area (TPSA) is 18.5 Å². The van der Waals surface area contributed by atoms with Gasteiger partial charge in [-0.05, 0) is 18.4 Å². The standard InChI is InChI=1S/C12H16Cl2O2/c1-6(2)8-9(13)7(3)11(15-4)12(16-5)10(8)14/h6H,1-5H3. The van der Waals surface area contributed by atoms with Crippen molar-refractivity contribution in [2.45, 2.75) is 26.7 Å². The van der Waals surface area contributed by atoms with Crippen molar-refractivity contribution >= 4 is 23.2 Å². The van der Waals surface area contributed by atoms with Crippen LogP contribution < -0.4 is 9.47 Å². The zero-order valence-electron chi connectivity index (χ0n) is 10.1. The molecule has 0 aromatic heterocycles. The van der Waals surface area contributed by atoms with E-state index in [1.165, 1.54) is 0 Å². The van der Waals surface area contributed by atoms with E-state index in [1.54, 1.807) is 14.2 Å². The van der Waals surface area contributed by atoms with Gasteiger partial charge in [0.15, 0.2) is 11.5 Å². The van der Waals surface area contributed by atoms with E-state index < -0.39 is 0 Å². The molecule has 0 bridgehead atoms. The van der Waals surface area contributed by atoms with E-state index in [1.807, 2.05) is 20.8 Å². The SMILES string of the molecule is COc1c(C)c(Cl)c(C(C)C)c(Cl)c1OC. The van der Waals surface area contributed by atoms with E-state index in [0.717, 1.165) is 11.1 Å². The molecule has 0 amide bonds. The van der Waals surface area contributed by atoms with E-state index in [2.05, 4.69) is 0 Å². The predicted octanol–water partition coefficient (Wildman–Crippen LogP) is 4.44. The minimum atomic E-state index is 0.235. The number of halogens is 2. The first-order valence-electron chi connectivity index (χ1n) is 5.05. The van der Waals surface area contributed by atoms with Crippen molar-refractivity contribution < 1.29 is 9.47 Å². The molecule has 0 saturated carbocycles. The number of benzene rings is 1. The third-order valence-electron chi connectivity index (χ3n) is 2.53. The van der Waals surface area contributed by atoms with Crippen molar-refractivity contribution in [1.29, 1.82) is 0 Å². The van der Waals surface area contributed by atoms with E-state index in [9.17, 15) is 0 Å². The minimum absolute atomic E-state index is 0.235. The van der Waals surface area contributed by atoms with Crippen LogP contribution in [0.5, 0.6) is 11.5 Å². The first kappa shape index (κ1) is 13.5. The maximum atomic E-state index is 6.29.